The molecule has 1 aliphatic rings. The van der Waals surface area contributed by atoms with Crippen molar-refractivity contribution in [1.29, 1.82) is 0 Å². The summed E-state index contributed by atoms with van der Waals surface area (Å²) in [5.41, 5.74) is 1.52. The molecule has 0 N–H and O–H groups in total. The third-order valence-corrected chi connectivity index (χ3v) is 6.84. The van der Waals surface area contributed by atoms with E-state index in [-0.39, 0.29) is 22.3 Å². The molecule has 1 amide bonds. The van der Waals surface area contributed by atoms with Gasteiger partial charge in [0.25, 0.3) is 5.91 Å². The maximum absolute atomic E-state index is 14.0. The van der Waals surface area contributed by atoms with Gasteiger partial charge in [0.2, 0.25) is 10.9 Å². The number of halogens is 1. The third-order valence-electron chi connectivity index (χ3n) is 6.00. The van der Waals surface area contributed by atoms with Crippen molar-refractivity contribution in [3.05, 3.63) is 116 Å². The number of carbonyl (C=O) groups is 1. The van der Waals surface area contributed by atoms with Crippen molar-refractivity contribution in [3.8, 4) is 5.75 Å². The van der Waals surface area contributed by atoms with Crippen LogP contribution in [0.25, 0.3) is 11.0 Å². The van der Waals surface area contributed by atoms with E-state index in [0.29, 0.717) is 28.1 Å². The Morgan fingerprint density at radius 2 is 1.81 bits per heavy atom. The molecular weight excluding hydrogens is 481 g/mol. The molecule has 0 radical (unpaired) electrons. The lowest BCUT2D eigenvalue weighted by Gasteiger charge is -2.22. The van der Waals surface area contributed by atoms with Crippen LogP contribution in [0.5, 0.6) is 5.75 Å². The topological polar surface area (TPSA) is 85.5 Å². The average molecular weight is 500 g/mol. The largest absolute Gasteiger partial charge is 0.489 e. The molecule has 36 heavy (non-hydrogen) atoms. The fraction of sp³-hybridized carbons (Fsp3) is 0.111. The van der Waals surface area contributed by atoms with Gasteiger partial charge in [-0.05, 0) is 48.4 Å². The van der Waals surface area contributed by atoms with Crippen molar-refractivity contribution >= 4 is 33.3 Å². The molecule has 0 saturated heterocycles. The van der Waals surface area contributed by atoms with Crippen LogP contribution in [0.4, 0.5) is 9.52 Å². The molecule has 0 bridgehead atoms. The van der Waals surface area contributed by atoms with Gasteiger partial charge in [-0.25, -0.2) is 4.39 Å². The molecule has 0 spiro atoms. The molecule has 0 saturated carbocycles. The minimum atomic E-state index is -0.813. The van der Waals surface area contributed by atoms with Crippen molar-refractivity contribution in [2.75, 3.05) is 4.90 Å². The van der Waals surface area contributed by atoms with Crippen molar-refractivity contribution in [3.63, 3.8) is 0 Å². The van der Waals surface area contributed by atoms with Crippen LogP contribution >= 0.6 is 11.3 Å². The zero-order valence-electron chi connectivity index (χ0n) is 19.0. The number of nitrogens with zero attached hydrogens (tertiary/aromatic N) is 3. The lowest BCUT2D eigenvalue weighted by atomic mass is 9.98. The highest BCUT2D eigenvalue weighted by Gasteiger charge is 2.45. The summed E-state index contributed by atoms with van der Waals surface area (Å²) in [7, 11) is 0. The first-order valence-electron chi connectivity index (χ1n) is 11.2. The van der Waals surface area contributed by atoms with Crippen molar-refractivity contribution in [2.45, 2.75) is 19.6 Å². The highest BCUT2D eigenvalue weighted by Crippen LogP contribution is 2.42. The van der Waals surface area contributed by atoms with E-state index >= 15 is 0 Å². The Morgan fingerprint density at radius 1 is 1.03 bits per heavy atom. The monoisotopic (exact) mass is 499 g/mol. The second-order valence-electron chi connectivity index (χ2n) is 8.34. The van der Waals surface area contributed by atoms with Gasteiger partial charge in [0.05, 0.1) is 17.0 Å². The van der Waals surface area contributed by atoms with Crippen molar-refractivity contribution in [1.82, 2.24) is 10.2 Å². The predicted molar refractivity (Wildman–Crippen MR) is 133 cm³/mol. The van der Waals surface area contributed by atoms with Crippen LogP contribution in [0.3, 0.4) is 0 Å². The molecule has 6 rings (SSSR count). The first-order valence-corrected chi connectivity index (χ1v) is 12.0. The Hall–Kier alpha value is -4.37. The van der Waals surface area contributed by atoms with Gasteiger partial charge in [0.15, 0.2) is 5.43 Å². The van der Waals surface area contributed by atoms with Gasteiger partial charge in [-0.15, -0.1) is 10.2 Å². The van der Waals surface area contributed by atoms with Crippen LogP contribution in [-0.4, -0.2) is 16.1 Å². The molecule has 0 aliphatic carbocycles. The number of hydrogen-bond acceptors (Lipinski definition) is 7. The fourth-order valence-corrected chi connectivity index (χ4v) is 5.04. The van der Waals surface area contributed by atoms with E-state index in [1.165, 1.54) is 28.4 Å². The lowest BCUT2D eigenvalue weighted by Crippen LogP contribution is -2.29. The number of hydrogen-bond donors (Lipinski definition) is 0. The summed E-state index contributed by atoms with van der Waals surface area (Å²) in [5.74, 6) is -0.509. The molecule has 5 aromatic rings. The van der Waals surface area contributed by atoms with E-state index in [1.807, 2.05) is 30.3 Å². The summed E-state index contributed by atoms with van der Waals surface area (Å²) >= 11 is 1.23. The number of ether oxygens (including phenoxy) is 1. The SMILES string of the molecule is Cc1nnc(N2C(=O)c3oc4ccc(F)cc4c(=O)c3C2c2ccc(OCc3ccccc3)cc2)s1. The number of rotatable bonds is 5. The van der Waals surface area contributed by atoms with Crippen LogP contribution in [0.15, 0.2) is 82.0 Å². The summed E-state index contributed by atoms with van der Waals surface area (Å²) in [6, 6.07) is 19.8. The Morgan fingerprint density at radius 3 is 2.53 bits per heavy atom. The zero-order chi connectivity index (χ0) is 24.8. The number of aromatic nitrogens is 2. The van der Waals surface area contributed by atoms with Gasteiger partial charge in [0.1, 0.15) is 28.8 Å². The van der Waals surface area contributed by atoms with Gasteiger partial charge in [-0.1, -0.05) is 53.8 Å². The third kappa shape index (κ3) is 3.74. The second-order valence-corrected chi connectivity index (χ2v) is 9.50. The molecule has 2 aromatic heterocycles. The molecule has 3 heterocycles. The van der Waals surface area contributed by atoms with Crippen molar-refractivity contribution in [2.24, 2.45) is 0 Å². The van der Waals surface area contributed by atoms with Gasteiger partial charge in [0, 0.05) is 0 Å². The summed E-state index contributed by atoms with van der Waals surface area (Å²) in [4.78, 5) is 28.5. The highest BCUT2D eigenvalue weighted by atomic mass is 32.1. The minimum absolute atomic E-state index is 0.0738. The van der Waals surface area contributed by atoms with E-state index < -0.39 is 23.2 Å². The second kappa shape index (κ2) is 8.69. The number of anilines is 1. The molecule has 0 fully saturated rings. The Bertz CT molecular complexity index is 1660. The molecule has 7 nitrogen and oxygen atoms in total. The van der Waals surface area contributed by atoms with Crippen LogP contribution < -0.4 is 15.1 Å². The lowest BCUT2D eigenvalue weighted by molar-refractivity contribution is 0.0970. The quantitative estimate of drug-likeness (QED) is 0.321. The van der Waals surface area contributed by atoms with Crippen LogP contribution in [0, 0.1) is 12.7 Å². The molecular formula is C27H18FN3O4S. The Balaban J connectivity index is 1.44. The summed E-state index contributed by atoms with van der Waals surface area (Å²) in [6.07, 6.45) is 0. The smallest absolute Gasteiger partial charge is 0.297 e. The number of benzene rings is 3. The van der Waals surface area contributed by atoms with E-state index in [1.54, 1.807) is 31.2 Å². The van der Waals surface area contributed by atoms with E-state index in [2.05, 4.69) is 10.2 Å². The maximum atomic E-state index is 14.0. The summed E-state index contributed by atoms with van der Waals surface area (Å²) in [5, 5.41) is 9.27. The van der Waals surface area contributed by atoms with Crippen LogP contribution in [0.1, 0.15) is 38.3 Å². The summed E-state index contributed by atoms with van der Waals surface area (Å²) in [6.45, 7) is 2.19. The first kappa shape index (κ1) is 22.1. The normalized spacial score (nSPS) is 14.9. The van der Waals surface area contributed by atoms with Crippen LogP contribution in [-0.2, 0) is 6.61 Å². The number of aryl methyl sites for hydroxylation is 1. The predicted octanol–water partition coefficient (Wildman–Crippen LogP) is 5.42. The molecule has 178 valence electrons. The van der Waals surface area contributed by atoms with E-state index in [0.717, 1.165) is 11.6 Å². The average Bonchev–Trinajstić information content (AvgIpc) is 3.45. The highest BCUT2D eigenvalue weighted by molar-refractivity contribution is 7.15. The van der Waals surface area contributed by atoms with Crippen LogP contribution in [0.2, 0.25) is 0 Å². The Kier molecular flexibility index (Phi) is 5.34. The van der Waals surface area contributed by atoms with Gasteiger partial charge >= 0.3 is 0 Å². The van der Waals surface area contributed by atoms with E-state index in [9.17, 15) is 14.0 Å². The molecule has 3 aromatic carbocycles. The zero-order valence-corrected chi connectivity index (χ0v) is 19.8. The number of carbonyl (C=O) groups excluding carboxylic acids is 1. The fourth-order valence-electron chi connectivity index (χ4n) is 4.33. The van der Waals surface area contributed by atoms with E-state index in [4.69, 9.17) is 9.15 Å². The maximum Gasteiger partial charge on any atom is 0.297 e. The van der Waals surface area contributed by atoms with Gasteiger partial charge in [-0.2, -0.15) is 0 Å². The molecule has 9 heteroatoms. The molecule has 1 aliphatic heterocycles. The number of fused-ring (bicyclic) bond motifs is 2. The molecule has 1 unspecified atom stereocenters. The van der Waals surface area contributed by atoms with Crippen molar-refractivity contribution < 1.29 is 18.3 Å². The van der Waals surface area contributed by atoms with Gasteiger partial charge < -0.3 is 9.15 Å². The summed E-state index contributed by atoms with van der Waals surface area (Å²) < 4.78 is 25.7. The minimum Gasteiger partial charge on any atom is -0.489 e. The molecule has 1 atom stereocenters. The Labute approximate surface area is 208 Å². The van der Waals surface area contributed by atoms with Gasteiger partial charge in [-0.3, -0.25) is 14.5 Å². The standard InChI is InChI=1S/C27H18FN3O4S/c1-15-29-30-27(36-15)31-23(17-7-10-19(11-8-17)34-14-16-5-3-2-4-6-16)22-24(32)20-13-18(28)9-12-21(20)35-25(22)26(31)33/h2-13,23H,14H2,1H3. The number of amides is 1. The first-order chi connectivity index (χ1) is 17.5.